The summed E-state index contributed by atoms with van der Waals surface area (Å²) in [6, 6.07) is 14.7. The molecular weight excluding hydrogens is 364 g/mol. The molecule has 2 aromatic carbocycles. The van der Waals surface area contributed by atoms with Gasteiger partial charge in [0.2, 0.25) is 10.0 Å². The number of sulfonamides is 1. The maximum Gasteiger partial charge on any atom is 0.233 e. The molecule has 0 bridgehead atoms. The summed E-state index contributed by atoms with van der Waals surface area (Å²) in [4.78, 5) is 4.49. The third-order valence-corrected chi connectivity index (χ3v) is 6.94. The van der Waals surface area contributed by atoms with Crippen molar-refractivity contribution in [1.29, 1.82) is 0 Å². The number of methoxy groups -OCH3 is 1. The molecule has 0 aliphatic rings. The van der Waals surface area contributed by atoms with Crippen LogP contribution >= 0.6 is 23.1 Å². The molecule has 0 unspecified atom stereocenters. The van der Waals surface area contributed by atoms with Gasteiger partial charge in [-0.05, 0) is 36.4 Å². The van der Waals surface area contributed by atoms with E-state index in [-0.39, 0.29) is 5.75 Å². The summed E-state index contributed by atoms with van der Waals surface area (Å²) >= 11 is 3.04. The van der Waals surface area contributed by atoms with Crippen LogP contribution in [0.15, 0.2) is 52.9 Å². The molecule has 0 aliphatic carbocycles. The molecule has 3 aromatic rings. The molecule has 1 aromatic heterocycles. The van der Waals surface area contributed by atoms with Crippen LogP contribution in [0.3, 0.4) is 0 Å². The number of thioether (sulfide) groups is 1. The number of ether oxygens (including phenoxy) is 1. The first-order valence-electron chi connectivity index (χ1n) is 7.19. The zero-order valence-corrected chi connectivity index (χ0v) is 15.4. The molecule has 0 radical (unpaired) electrons. The van der Waals surface area contributed by atoms with Gasteiger partial charge in [-0.15, -0.1) is 11.3 Å². The SMILES string of the molecule is COc1ccc(NS(=O)(=O)CCSc2nc3ccccc3s2)cc1. The third-order valence-electron chi connectivity index (χ3n) is 3.22. The van der Waals surface area contributed by atoms with Crippen molar-refractivity contribution in [3.63, 3.8) is 0 Å². The molecule has 24 heavy (non-hydrogen) atoms. The van der Waals surface area contributed by atoms with Crippen LogP contribution in [0.5, 0.6) is 5.75 Å². The molecule has 5 nitrogen and oxygen atoms in total. The summed E-state index contributed by atoms with van der Waals surface area (Å²) in [6.45, 7) is 0. The number of thiazole rings is 1. The van der Waals surface area contributed by atoms with E-state index in [9.17, 15) is 8.42 Å². The van der Waals surface area contributed by atoms with E-state index in [4.69, 9.17) is 4.74 Å². The monoisotopic (exact) mass is 380 g/mol. The fourth-order valence-electron chi connectivity index (χ4n) is 2.04. The highest BCUT2D eigenvalue weighted by Crippen LogP contribution is 2.29. The Labute approximate surface area is 149 Å². The second-order valence-electron chi connectivity index (χ2n) is 4.95. The van der Waals surface area contributed by atoms with Crippen molar-refractivity contribution in [2.75, 3.05) is 23.3 Å². The highest BCUT2D eigenvalue weighted by atomic mass is 32.2. The minimum atomic E-state index is -3.39. The van der Waals surface area contributed by atoms with Crippen molar-refractivity contribution in [2.24, 2.45) is 0 Å². The van der Waals surface area contributed by atoms with Crippen molar-refractivity contribution in [2.45, 2.75) is 4.34 Å². The molecular formula is C16H16N2O3S3. The fourth-order valence-corrected chi connectivity index (χ4v) is 5.64. The quantitative estimate of drug-likeness (QED) is 0.631. The fraction of sp³-hybridized carbons (Fsp3) is 0.188. The zero-order chi connectivity index (χ0) is 17.0. The molecule has 126 valence electrons. The number of benzene rings is 2. The zero-order valence-electron chi connectivity index (χ0n) is 12.9. The number of nitrogens with one attached hydrogen (secondary N) is 1. The van der Waals surface area contributed by atoms with Gasteiger partial charge >= 0.3 is 0 Å². The van der Waals surface area contributed by atoms with Gasteiger partial charge in [-0.1, -0.05) is 23.9 Å². The van der Waals surface area contributed by atoms with Gasteiger partial charge in [0.05, 0.1) is 23.1 Å². The molecule has 0 fully saturated rings. The summed E-state index contributed by atoms with van der Waals surface area (Å²) < 4.78 is 33.9. The van der Waals surface area contributed by atoms with E-state index < -0.39 is 10.0 Å². The lowest BCUT2D eigenvalue weighted by atomic mass is 10.3. The van der Waals surface area contributed by atoms with Crippen molar-refractivity contribution < 1.29 is 13.2 Å². The van der Waals surface area contributed by atoms with Crippen LogP contribution in [0.2, 0.25) is 0 Å². The average Bonchev–Trinajstić information content (AvgIpc) is 2.97. The Morgan fingerprint density at radius 1 is 1.17 bits per heavy atom. The number of hydrogen-bond acceptors (Lipinski definition) is 6. The number of fused-ring (bicyclic) bond motifs is 1. The molecule has 0 saturated heterocycles. The van der Waals surface area contributed by atoms with E-state index in [1.54, 1.807) is 42.7 Å². The topological polar surface area (TPSA) is 68.3 Å². The highest BCUT2D eigenvalue weighted by molar-refractivity contribution is 8.02. The van der Waals surface area contributed by atoms with Crippen LogP contribution in [0.4, 0.5) is 5.69 Å². The standard InChI is InChI=1S/C16H16N2O3S3/c1-21-13-8-6-12(7-9-13)18-24(19,20)11-10-22-16-17-14-4-2-3-5-15(14)23-16/h2-9,18H,10-11H2,1H3. The van der Waals surface area contributed by atoms with Gasteiger partial charge in [-0.2, -0.15) is 0 Å². The molecule has 3 rings (SSSR count). The molecule has 1 heterocycles. The third kappa shape index (κ3) is 4.40. The lowest BCUT2D eigenvalue weighted by Crippen LogP contribution is -2.18. The van der Waals surface area contributed by atoms with Crippen LogP contribution in [0.25, 0.3) is 10.2 Å². The van der Waals surface area contributed by atoms with Crippen LogP contribution < -0.4 is 9.46 Å². The summed E-state index contributed by atoms with van der Waals surface area (Å²) in [5, 5.41) is 0. The lowest BCUT2D eigenvalue weighted by molar-refractivity contribution is 0.415. The summed E-state index contributed by atoms with van der Waals surface area (Å²) in [5.74, 6) is 1.16. The molecule has 1 N–H and O–H groups in total. The summed E-state index contributed by atoms with van der Waals surface area (Å²) in [5.41, 5.74) is 1.48. The first kappa shape index (κ1) is 17.1. The van der Waals surface area contributed by atoms with E-state index >= 15 is 0 Å². The van der Waals surface area contributed by atoms with Gasteiger partial charge in [0, 0.05) is 11.4 Å². The average molecular weight is 381 g/mol. The number of para-hydroxylation sites is 1. The van der Waals surface area contributed by atoms with Gasteiger partial charge < -0.3 is 4.74 Å². The first-order valence-corrected chi connectivity index (χ1v) is 10.6. The van der Waals surface area contributed by atoms with Gasteiger partial charge in [-0.3, -0.25) is 4.72 Å². The van der Waals surface area contributed by atoms with Crippen LogP contribution in [0.1, 0.15) is 0 Å². The highest BCUT2D eigenvalue weighted by Gasteiger charge is 2.12. The second kappa shape index (κ2) is 7.42. The molecule has 0 saturated carbocycles. The molecule has 0 spiro atoms. The van der Waals surface area contributed by atoms with Gasteiger partial charge in [0.25, 0.3) is 0 Å². The van der Waals surface area contributed by atoms with Crippen molar-refractivity contribution in [1.82, 2.24) is 4.98 Å². The lowest BCUT2D eigenvalue weighted by Gasteiger charge is -2.08. The van der Waals surface area contributed by atoms with Crippen molar-refractivity contribution in [3.8, 4) is 5.75 Å². The summed E-state index contributed by atoms with van der Waals surface area (Å²) in [7, 11) is -1.82. The van der Waals surface area contributed by atoms with E-state index in [1.807, 2.05) is 24.3 Å². The van der Waals surface area contributed by atoms with Crippen LogP contribution in [0, 0.1) is 0 Å². The Balaban J connectivity index is 1.56. The Kier molecular flexibility index (Phi) is 5.27. The Hall–Kier alpha value is -1.77. The molecule has 0 amide bonds. The van der Waals surface area contributed by atoms with Crippen molar-refractivity contribution in [3.05, 3.63) is 48.5 Å². The smallest absolute Gasteiger partial charge is 0.233 e. The predicted octanol–water partition coefficient (Wildman–Crippen LogP) is 3.84. The number of nitrogens with zero attached hydrogens (tertiary/aromatic N) is 1. The van der Waals surface area contributed by atoms with Gasteiger partial charge in [0.1, 0.15) is 5.75 Å². The largest absolute Gasteiger partial charge is 0.497 e. The Morgan fingerprint density at radius 2 is 1.92 bits per heavy atom. The van der Waals surface area contributed by atoms with Crippen LogP contribution in [-0.4, -0.2) is 32.0 Å². The van der Waals surface area contributed by atoms with Crippen molar-refractivity contribution >= 4 is 49.0 Å². The first-order chi connectivity index (χ1) is 11.6. The number of rotatable bonds is 7. The maximum absolute atomic E-state index is 12.1. The maximum atomic E-state index is 12.1. The van der Waals surface area contributed by atoms with Crippen LogP contribution in [-0.2, 0) is 10.0 Å². The second-order valence-corrected chi connectivity index (χ2v) is 9.16. The van der Waals surface area contributed by atoms with Gasteiger partial charge in [-0.25, -0.2) is 13.4 Å². The predicted molar refractivity (Wildman–Crippen MR) is 101 cm³/mol. The minimum absolute atomic E-state index is 0.0274. The number of anilines is 1. The van der Waals surface area contributed by atoms with E-state index in [0.717, 1.165) is 14.6 Å². The Bertz CT molecular complexity index is 888. The van der Waals surface area contributed by atoms with Gasteiger partial charge in [0.15, 0.2) is 4.34 Å². The number of aromatic nitrogens is 1. The van der Waals surface area contributed by atoms with E-state index in [1.165, 1.54) is 11.8 Å². The molecule has 0 atom stereocenters. The minimum Gasteiger partial charge on any atom is -0.497 e. The molecule has 8 heteroatoms. The molecule has 0 aliphatic heterocycles. The number of hydrogen-bond donors (Lipinski definition) is 1. The van der Waals surface area contributed by atoms with E-state index in [2.05, 4.69) is 9.71 Å². The summed E-state index contributed by atoms with van der Waals surface area (Å²) in [6.07, 6.45) is 0. The Morgan fingerprint density at radius 3 is 2.62 bits per heavy atom. The van der Waals surface area contributed by atoms with E-state index in [0.29, 0.717) is 17.2 Å². The normalized spacial score (nSPS) is 11.5.